The molecule has 1 N–H and O–H groups in total. The minimum absolute atomic E-state index is 0.0789. The SMILES string of the molecule is CN(C)C(=O)CNC(=NCc1cccc(C(F)(F)F)c1)N1CCC2OCCCC2C1. The lowest BCUT2D eigenvalue weighted by molar-refractivity contribution is -0.137. The summed E-state index contributed by atoms with van der Waals surface area (Å²) in [6.45, 7) is 2.47. The van der Waals surface area contributed by atoms with Crippen molar-refractivity contribution in [2.24, 2.45) is 10.9 Å². The van der Waals surface area contributed by atoms with Crippen LogP contribution in [-0.2, 0) is 22.3 Å². The summed E-state index contributed by atoms with van der Waals surface area (Å²) in [5.74, 6) is 0.849. The lowest BCUT2D eigenvalue weighted by atomic mass is 9.88. The number of amides is 1. The van der Waals surface area contributed by atoms with Crippen molar-refractivity contribution < 1.29 is 22.7 Å². The van der Waals surface area contributed by atoms with Crippen molar-refractivity contribution in [2.75, 3.05) is 40.3 Å². The summed E-state index contributed by atoms with van der Waals surface area (Å²) in [5.41, 5.74) is -0.216. The zero-order chi connectivity index (χ0) is 21.7. The number of nitrogens with zero attached hydrogens (tertiary/aromatic N) is 3. The number of likely N-dealkylation sites (N-methyl/N-ethyl adjacent to an activating group) is 1. The Morgan fingerprint density at radius 2 is 2.13 bits per heavy atom. The fourth-order valence-corrected chi connectivity index (χ4v) is 3.87. The van der Waals surface area contributed by atoms with E-state index in [0.717, 1.165) is 51.1 Å². The van der Waals surface area contributed by atoms with Crippen LogP contribution in [0, 0.1) is 5.92 Å². The number of guanidine groups is 1. The number of piperidine rings is 1. The Bertz CT molecular complexity index is 767. The van der Waals surface area contributed by atoms with Gasteiger partial charge in [-0.15, -0.1) is 0 Å². The molecule has 0 spiro atoms. The zero-order valence-corrected chi connectivity index (χ0v) is 17.4. The second kappa shape index (κ2) is 9.68. The van der Waals surface area contributed by atoms with E-state index in [1.54, 1.807) is 20.2 Å². The van der Waals surface area contributed by atoms with Crippen LogP contribution in [0.15, 0.2) is 29.3 Å². The van der Waals surface area contributed by atoms with Crippen molar-refractivity contribution in [2.45, 2.75) is 38.1 Å². The Labute approximate surface area is 175 Å². The van der Waals surface area contributed by atoms with Gasteiger partial charge in [0.25, 0.3) is 0 Å². The Morgan fingerprint density at radius 3 is 2.87 bits per heavy atom. The second-order valence-electron chi connectivity index (χ2n) is 8.03. The summed E-state index contributed by atoms with van der Waals surface area (Å²) in [4.78, 5) is 20.2. The third kappa shape index (κ3) is 5.87. The van der Waals surface area contributed by atoms with Gasteiger partial charge in [0, 0.05) is 39.7 Å². The molecule has 1 aromatic carbocycles. The first-order valence-corrected chi connectivity index (χ1v) is 10.2. The van der Waals surface area contributed by atoms with Gasteiger partial charge >= 0.3 is 6.18 Å². The molecule has 0 aromatic heterocycles. The molecule has 30 heavy (non-hydrogen) atoms. The van der Waals surface area contributed by atoms with Gasteiger partial charge in [0.15, 0.2) is 5.96 Å². The van der Waals surface area contributed by atoms with Gasteiger partial charge in [0.05, 0.1) is 24.8 Å². The van der Waals surface area contributed by atoms with Crippen molar-refractivity contribution in [1.29, 1.82) is 0 Å². The molecular formula is C21H29F3N4O2. The fraction of sp³-hybridized carbons (Fsp3) is 0.619. The van der Waals surface area contributed by atoms with E-state index in [-0.39, 0.29) is 25.1 Å². The minimum atomic E-state index is -4.39. The van der Waals surface area contributed by atoms with E-state index in [4.69, 9.17) is 4.74 Å². The number of ether oxygens (including phenoxy) is 1. The van der Waals surface area contributed by atoms with E-state index in [1.165, 1.54) is 11.0 Å². The topological polar surface area (TPSA) is 57.2 Å². The molecule has 9 heteroatoms. The number of carbonyl (C=O) groups is 1. The number of benzene rings is 1. The highest BCUT2D eigenvalue weighted by molar-refractivity contribution is 5.86. The highest BCUT2D eigenvalue weighted by Gasteiger charge is 2.33. The smallest absolute Gasteiger partial charge is 0.378 e. The molecular weight excluding hydrogens is 397 g/mol. The van der Waals surface area contributed by atoms with E-state index in [1.807, 2.05) is 0 Å². The van der Waals surface area contributed by atoms with Crippen LogP contribution >= 0.6 is 0 Å². The van der Waals surface area contributed by atoms with Gasteiger partial charge in [-0.1, -0.05) is 12.1 Å². The predicted octanol–water partition coefficient (Wildman–Crippen LogP) is 2.74. The molecule has 2 saturated heterocycles. The molecule has 6 nitrogen and oxygen atoms in total. The molecule has 1 amide bonds. The maximum absolute atomic E-state index is 13.0. The van der Waals surface area contributed by atoms with Gasteiger partial charge in [0.2, 0.25) is 5.91 Å². The molecule has 3 rings (SSSR count). The minimum Gasteiger partial charge on any atom is -0.378 e. The van der Waals surface area contributed by atoms with E-state index in [0.29, 0.717) is 17.4 Å². The van der Waals surface area contributed by atoms with Crippen LogP contribution in [0.2, 0.25) is 0 Å². The number of hydrogen-bond donors (Lipinski definition) is 1. The molecule has 0 bridgehead atoms. The van der Waals surface area contributed by atoms with Crippen molar-refractivity contribution in [3.05, 3.63) is 35.4 Å². The Hall–Kier alpha value is -2.29. The van der Waals surface area contributed by atoms with Crippen LogP contribution in [0.25, 0.3) is 0 Å². The first-order valence-electron chi connectivity index (χ1n) is 10.2. The third-order valence-electron chi connectivity index (χ3n) is 5.58. The maximum atomic E-state index is 13.0. The molecule has 2 aliphatic rings. The average Bonchev–Trinajstić information content (AvgIpc) is 2.72. The largest absolute Gasteiger partial charge is 0.416 e. The Morgan fingerprint density at radius 1 is 1.33 bits per heavy atom. The van der Waals surface area contributed by atoms with Gasteiger partial charge < -0.3 is 19.9 Å². The monoisotopic (exact) mass is 426 g/mol. The standard InChI is InChI=1S/C21H29F3N4O2/c1-27(2)19(29)13-26-20(28-9-8-18-16(14-28)6-4-10-30-18)25-12-15-5-3-7-17(11-15)21(22,23)24/h3,5,7,11,16,18H,4,6,8-10,12-14H2,1-2H3,(H,25,26). The average molecular weight is 426 g/mol. The summed E-state index contributed by atoms with van der Waals surface area (Å²) >= 11 is 0. The van der Waals surface area contributed by atoms with Crippen LogP contribution in [0.3, 0.4) is 0 Å². The summed E-state index contributed by atoms with van der Waals surface area (Å²) in [6, 6.07) is 5.19. The lowest BCUT2D eigenvalue weighted by Gasteiger charge is -2.42. The molecule has 2 unspecified atom stereocenters. The number of rotatable bonds is 4. The van der Waals surface area contributed by atoms with E-state index >= 15 is 0 Å². The predicted molar refractivity (Wildman–Crippen MR) is 108 cm³/mol. The number of hydrogen-bond acceptors (Lipinski definition) is 3. The van der Waals surface area contributed by atoms with Crippen molar-refractivity contribution >= 4 is 11.9 Å². The van der Waals surface area contributed by atoms with Crippen LogP contribution in [-0.4, -0.2) is 68.1 Å². The Kier molecular flexibility index (Phi) is 7.23. The highest BCUT2D eigenvalue weighted by Crippen LogP contribution is 2.30. The zero-order valence-electron chi connectivity index (χ0n) is 17.4. The van der Waals surface area contributed by atoms with Crippen LogP contribution < -0.4 is 5.32 Å². The number of carbonyl (C=O) groups excluding carboxylic acids is 1. The molecule has 0 aliphatic carbocycles. The molecule has 1 aromatic rings. The van der Waals surface area contributed by atoms with Crippen molar-refractivity contribution in [1.82, 2.24) is 15.1 Å². The molecule has 2 fully saturated rings. The number of aliphatic imine (C=N–C) groups is 1. The summed E-state index contributed by atoms with van der Waals surface area (Å²) in [7, 11) is 3.35. The molecule has 2 heterocycles. The van der Waals surface area contributed by atoms with Gasteiger partial charge in [-0.2, -0.15) is 13.2 Å². The van der Waals surface area contributed by atoms with E-state index in [2.05, 4.69) is 15.2 Å². The summed E-state index contributed by atoms with van der Waals surface area (Å²) in [5, 5.41) is 3.10. The van der Waals surface area contributed by atoms with Gasteiger partial charge in [-0.25, -0.2) is 4.99 Å². The van der Waals surface area contributed by atoms with Crippen LogP contribution in [0.5, 0.6) is 0 Å². The number of likely N-dealkylation sites (tertiary alicyclic amines) is 1. The van der Waals surface area contributed by atoms with E-state index in [9.17, 15) is 18.0 Å². The molecule has 166 valence electrons. The normalized spacial score (nSPS) is 22.4. The fourth-order valence-electron chi connectivity index (χ4n) is 3.87. The molecule has 2 aliphatic heterocycles. The van der Waals surface area contributed by atoms with Crippen LogP contribution in [0.4, 0.5) is 13.2 Å². The first kappa shape index (κ1) is 22.4. The molecule has 2 atom stereocenters. The molecule has 0 saturated carbocycles. The van der Waals surface area contributed by atoms with Gasteiger partial charge in [-0.3, -0.25) is 4.79 Å². The summed E-state index contributed by atoms with van der Waals surface area (Å²) < 4.78 is 44.8. The van der Waals surface area contributed by atoms with Crippen LogP contribution in [0.1, 0.15) is 30.4 Å². The number of nitrogens with one attached hydrogen (secondary N) is 1. The van der Waals surface area contributed by atoms with Crippen molar-refractivity contribution in [3.8, 4) is 0 Å². The van der Waals surface area contributed by atoms with Crippen molar-refractivity contribution in [3.63, 3.8) is 0 Å². The number of halogens is 3. The quantitative estimate of drug-likeness (QED) is 0.594. The number of fused-ring (bicyclic) bond motifs is 1. The lowest BCUT2D eigenvalue weighted by Crippen LogP contribution is -2.53. The molecule has 0 radical (unpaired) electrons. The second-order valence-corrected chi connectivity index (χ2v) is 8.03. The van der Waals surface area contributed by atoms with E-state index < -0.39 is 11.7 Å². The maximum Gasteiger partial charge on any atom is 0.416 e. The Balaban J connectivity index is 1.74. The van der Waals surface area contributed by atoms with Gasteiger partial charge in [0.1, 0.15) is 0 Å². The first-order chi connectivity index (χ1) is 14.2. The third-order valence-corrected chi connectivity index (χ3v) is 5.58. The van der Waals surface area contributed by atoms with Gasteiger partial charge in [-0.05, 0) is 37.0 Å². The summed E-state index contributed by atoms with van der Waals surface area (Å²) in [6.07, 6.45) is -1.15. The highest BCUT2D eigenvalue weighted by atomic mass is 19.4. The number of alkyl halides is 3.